The van der Waals surface area contributed by atoms with E-state index >= 15 is 0 Å². The van der Waals surface area contributed by atoms with E-state index in [0.29, 0.717) is 32.2 Å². The molecule has 1 aliphatic carbocycles. The maximum absolute atomic E-state index is 10.0. The fraction of sp³-hybridized carbons (Fsp3) is 0.846. The molecule has 0 bridgehead atoms. The highest BCUT2D eigenvalue weighted by Gasteiger charge is 2.45. The lowest BCUT2D eigenvalue weighted by Crippen LogP contribution is -2.48. The third-order valence-electron chi connectivity index (χ3n) is 7.82. The fourth-order valence-corrected chi connectivity index (χ4v) is 6.14. The first-order valence-electron chi connectivity index (χ1n) is 12.8. The van der Waals surface area contributed by atoms with Gasteiger partial charge in [0.2, 0.25) is 0 Å². The van der Waals surface area contributed by atoms with Gasteiger partial charge in [-0.05, 0) is 67.5 Å². The van der Waals surface area contributed by atoms with Crippen LogP contribution in [0.3, 0.4) is 0 Å². The predicted molar refractivity (Wildman–Crippen MR) is 132 cm³/mol. The van der Waals surface area contributed by atoms with E-state index in [-0.39, 0.29) is 30.0 Å². The van der Waals surface area contributed by atoms with E-state index in [0.717, 1.165) is 25.7 Å². The molecule has 2 aliphatic heterocycles. The van der Waals surface area contributed by atoms with Crippen molar-refractivity contribution in [2.45, 2.75) is 103 Å². The number of ether oxygens (including phenoxy) is 4. The monoisotopic (exact) mass is 482 g/mol. The van der Waals surface area contributed by atoms with E-state index in [1.807, 2.05) is 13.2 Å². The number of aliphatic hydroxyl groups is 1. The van der Waals surface area contributed by atoms with Crippen LogP contribution in [0.2, 0.25) is 18.1 Å². The second-order valence-electron chi connectivity index (χ2n) is 11.4. The van der Waals surface area contributed by atoms with Crippen LogP contribution < -0.4 is 0 Å². The van der Waals surface area contributed by atoms with Crippen molar-refractivity contribution in [2.24, 2.45) is 11.8 Å². The predicted octanol–water partition coefficient (Wildman–Crippen LogP) is 5.53. The lowest BCUT2D eigenvalue weighted by atomic mass is 9.77. The molecule has 4 atom stereocenters. The molecule has 0 radical (unpaired) electrons. The van der Waals surface area contributed by atoms with Gasteiger partial charge in [0.05, 0.1) is 25.6 Å². The Morgan fingerprint density at radius 1 is 1.27 bits per heavy atom. The van der Waals surface area contributed by atoms with Gasteiger partial charge in [0.15, 0.2) is 20.4 Å². The maximum atomic E-state index is 10.0. The smallest absolute Gasteiger partial charge is 0.199 e. The standard InChI is InChI=1S/C26H46O6Si/c1-8-28-24-14-20-10-9-11-21(22(20)18-29-24)15-26(30-12-13-31-26)16-23(19(2)17-27)32-33(6,7)25(3,4)5/h15,18-20,23-24,27H,8-14,16-17H2,1-7H3/b21-15+/t19-,20?,23-,24?/m0/s1. The average Bonchev–Trinajstić information content (AvgIpc) is 3.20. The van der Waals surface area contributed by atoms with E-state index < -0.39 is 14.1 Å². The topological polar surface area (TPSA) is 66.4 Å². The number of hydrogen-bond donors (Lipinski definition) is 1. The molecule has 190 valence electrons. The molecule has 33 heavy (non-hydrogen) atoms. The number of allylic oxidation sites excluding steroid dienone is 2. The third-order valence-corrected chi connectivity index (χ3v) is 12.3. The molecule has 1 N–H and O–H groups in total. The summed E-state index contributed by atoms with van der Waals surface area (Å²) in [5.41, 5.74) is 2.51. The normalized spacial score (nSPS) is 28.7. The minimum Gasteiger partial charge on any atom is -0.472 e. The van der Waals surface area contributed by atoms with Crippen LogP contribution in [0.1, 0.15) is 66.7 Å². The summed E-state index contributed by atoms with van der Waals surface area (Å²) >= 11 is 0. The average molecular weight is 483 g/mol. The highest BCUT2D eigenvalue weighted by molar-refractivity contribution is 6.74. The van der Waals surface area contributed by atoms with Crippen molar-refractivity contribution in [1.82, 2.24) is 0 Å². The lowest BCUT2D eigenvalue weighted by molar-refractivity contribution is -0.144. The summed E-state index contributed by atoms with van der Waals surface area (Å²) in [5.74, 6) is -0.388. The van der Waals surface area contributed by atoms with E-state index in [9.17, 15) is 5.11 Å². The summed E-state index contributed by atoms with van der Waals surface area (Å²) < 4.78 is 31.0. The molecule has 0 spiro atoms. The van der Waals surface area contributed by atoms with Gasteiger partial charge in [0, 0.05) is 32.0 Å². The molecule has 2 fully saturated rings. The second-order valence-corrected chi connectivity index (χ2v) is 16.1. The molecule has 1 saturated heterocycles. The number of rotatable bonds is 9. The van der Waals surface area contributed by atoms with Crippen molar-refractivity contribution >= 4 is 8.32 Å². The van der Waals surface area contributed by atoms with E-state index in [4.69, 9.17) is 23.4 Å². The first kappa shape index (κ1) is 26.9. The summed E-state index contributed by atoms with van der Waals surface area (Å²) in [6.45, 7) is 17.2. The first-order chi connectivity index (χ1) is 15.5. The van der Waals surface area contributed by atoms with Gasteiger partial charge in [-0.2, -0.15) is 0 Å². The molecule has 0 aromatic carbocycles. The molecule has 3 aliphatic rings. The zero-order valence-corrected chi connectivity index (χ0v) is 22.8. The Morgan fingerprint density at radius 2 is 1.97 bits per heavy atom. The Morgan fingerprint density at radius 3 is 2.58 bits per heavy atom. The number of hydrogen-bond acceptors (Lipinski definition) is 6. The van der Waals surface area contributed by atoms with Gasteiger partial charge in [-0.3, -0.25) is 0 Å². The Balaban J connectivity index is 1.86. The zero-order chi connectivity index (χ0) is 24.3. The minimum absolute atomic E-state index is 0.00881. The van der Waals surface area contributed by atoms with Crippen molar-refractivity contribution in [1.29, 1.82) is 0 Å². The quantitative estimate of drug-likeness (QED) is 0.436. The van der Waals surface area contributed by atoms with Gasteiger partial charge in [-0.25, -0.2) is 0 Å². The molecular weight excluding hydrogens is 436 g/mol. The van der Waals surface area contributed by atoms with Crippen LogP contribution in [0.15, 0.2) is 23.5 Å². The van der Waals surface area contributed by atoms with Crippen LogP contribution in [-0.4, -0.2) is 58.0 Å². The highest BCUT2D eigenvalue weighted by atomic mass is 28.4. The van der Waals surface area contributed by atoms with Crippen molar-refractivity contribution in [2.75, 3.05) is 26.4 Å². The van der Waals surface area contributed by atoms with Gasteiger partial charge < -0.3 is 28.5 Å². The largest absolute Gasteiger partial charge is 0.472 e. The van der Waals surface area contributed by atoms with Gasteiger partial charge in [0.25, 0.3) is 0 Å². The van der Waals surface area contributed by atoms with Crippen molar-refractivity contribution in [3.8, 4) is 0 Å². The van der Waals surface area contributed by atoms with E-state index in [2.05, 4.69) is 46.9 Å². The van der Waals surface area contributed by atoms with E-state index in [1.165, 1.54) is 11.1 Å². The molecule has 7 heteroatoms. The van der Waals surface area contributed by atoms with Gasteiger partial charge in [-0.1, -0.05) is 27.7 Å². The molecule has 1 saturated carbocycles. The van der Waals surface area contributed by atoms with Gasteiger partial charge in [-0.15, -0.1) is 0 Å². The van der Waals surface area contributed by atoms with E-state index in [1.54, 1.807) is 0 Å². The molecule has 6 nitrogen and oxygen atoms in total. The Bertz CT molecular complexity index is 704. The molecule has 2 heterocycles. The van der Waals surface area contributed by atoms with Crippen LogP contribution in [0.25, 0.3) is 0 Å². The Hall–Kier alpha value is -0.703. The van der Waals surface area contributed by atoms with Crippen LogP contribution in [0, 0.1) is 11.8 Å². The summed E-state index contributed by atoms with van der Waals surface area (Å²) in [7, 11) is -2.04. The fourth-order valence-electron chi connectivity index (χ4n) is 4.71. The zero-order valence-electron chi connectivity index (χ0n) is 21.8. The van der Waals surface area contributed by atoms with Crippen molar-refractivity contribution in [3.63, 3.8) is 0 Å². The van der Waals surface area contributed by atoms with Gasteiger partial charge >= 0.3 is 0 Å². The van der Waals surface area contributed by atoms with Crippen LogP contribution in [0.5, 0.6) is 0 Å². The number of fused-ring (bicyclic) bond motifs is 1. The van der Waals surface area contributed by atoms with Crippen LogP contribution in [-0.2, 0) is 23.4 Å². The summed E-state index contributed by atoms with van der Waals surface area (Å²) in [6.07, 6.45) is 8.55. The maximum Gasteiger partial charge on any atom is 0.199 e. The summed E-state index contributed by atoms with van der Waals surface area (Å²) in [6, 6.07) is 0. The summed E-state index contributed by atoms with van der Waals surface area (Å²) in [5, 5.41) is 10.1. The Kier molecular flexibility index (Phi) is 8.90. The number of aliphatic hydroxyl groups excluding tert-OH is 1. The molecule has 0 aromatic heterocycles. The lowest BCUT2D eigenvalue weighted by Gasteiger charge is -2.42. The summed E-state index contributed by atoms with van der Waals surface area (Å²) in [4.78, 5) is 0. The highest BCUT2D eigenvalue weighted by Crippen LogP contribution is 2.44. The Labute approximate surface area is 201 Å². The third kappa shape index (κ3) is 6.50. The molecule has 3 rings (SSSR count). The molecule has 0 amide bonds. The molecule has 0 aromatic rings. The van der Waals surface area contributed by atoms with Crippen molar-refractivity contribution < 1.29 is 28.5 Å². The molecular formula is C26H46O6Si. The van der Waals surface area contributed by atoms with Crippen molar-refractivity contribution in [3.05, 3.63) is 23.5 Å². The van der Waals surface area contributed by atoms with Gasteiger partial charge in [0.1, 0.15) is 0 Å². The minimum atomic E-state index is -2.04. The van der Waals surface area contributed by atoms with Crippen LogP contribution in [0.4, 0.5) is 0 Å². The SMILES string of the molecule is CCOC1CC2CCC/C(=C\C3(C[C@H](O[Si](C)(C)C(C)(C)C)[C@@H](C)CO)OCCO3)C2=CO1. The van der Waals surface area contributed by atoms with Crippen LogP contribution >= 0.6 is 0 Å². The molecule has 2 unspecified atom stereocenters. The second kappa shape index (κ2) is 10.9. The first-order valence-corrected chi connectivity index (χ1v) is 15.7.